The minimum absolute atomic E-state index is 0.0441. The van der Waals surface area contributed by atoms with Gasteiger partial charge in [0.05, 0.1) is 12.1 Å². The number of hydrogen-bond acceptors (Lipinski definition) is 3. The van der Waals surface area contributed by atoms with E-state index >= 15 is 0 Å². The van der Waals surface area contributed by atoms with Crippen LogP contribution >= 0.6 is 11.3 Å². The fourth-order valence-electron chi connectivity index (χ4n) is 1.43. The topological polar surface area (TPSA) is 55.1 Å². The van der Waals surface area contributed by atoms with Crippen molar-refractivity contribution in [1.82, 2.24) is 5.32 Å². The van der Waals surface area contributed by atoms with Crippen molar-refractivity contribution in [3.8, 4) is 0 Å². The Morgan fingerprint density at radius 2 is 2.25 bits per heavy atom. The predicted octanol–water partition coefficient (Wildman–Crippen LogP) is 2.30. The van der Waals surface area contributed by atoms with Gasteiger partial charge in [-0.1, -0.05) is 26.3 Å². The fraction of sp³-hybridized carbons (Fsp3) is 0.583. The van der Waals surface area contributed by atoms with Gasteiger partial charge in [0.1, 0.15) is 0 Å². The molecule has 0 saturated heterocycles. The Bertz CT molecular complexity index is 324. The molecule has 1 aromatic rings. The van der Waals surface area contributed by atoms with E-state index in [1.807, 2.05) is 38.3 Å². The highest BCUT2D eigenvalue weighted by molar-refractivity contribution is 7.10. The summed E-state index contributed by atoms with van der Waals surface area (Å²) < 4.78 is 0. The Morgan fingerprint density at radius 3 is 2.75 bits per heavy atom. The number of amides is 1. The Morgan fingerprint density at radius 1 is 1.56 bits per heavy atom. The second kappa shape index (κ2) is 6.01. The van der Waals surface area contributed by atoms with E-state index in [0.29, 0.717) is 0 Å². The first-order valence-electron chi connectivity index (χ1n) is 5.65. The third-order valence-electron chi connectivity index (χ3n) is 2.89. The second-order valence-corrected chi connectivity index (χ2v) is 5.14. The molecule has 0 unspecified atom stereocenters. The van der Waals surface area contributed by atoms with E-state index in [9.17, 15) is 4.79 Å². The van der Waals surface area contributed by atoms with E-state index in [4.69, 9.17) is 5.73 Å². The maximum Gasteiger partial charge on any atom is 0.237 e. The van der Waals surface area contributed by atoms with Crippen molar-refractivity contribution in [2.75, 3.05) is 0 Å². The SMILES string of the molecule is CC[C@H](C)[C@H](N)C(=O)N[C@@H](C)c1cccs1. The summed E-state index contributed by atoms with van der Waals surface area (Å²) in [7, 11) is 0. The molecule has 0 aromatic carbocycles. The van der Waals surface area contributed by atoms with Crippen LogP contribution < -0.4 is 11.1 Å². The van der Waals surface area contributed by atoms with E-state index in [1.165, 1.54) is 0 Å². The van der Waals surface area contributed by atoms with E-state index in [0.717, 1.165) is 11.3 Å². The average molecular weight is 240 g/mol. The normalized spacial score (nSPS) is 16.5. The van der Waals surface area contributed by atoms with Crippen molar-refractivity contribution in [3.63, 3.8) is 0 Å². The fourth-order valence-corrected chi connectivity index (χ4v) is 2.17. The Labute approximate surface area is 101 Å². The molecule has 3 N–H and O–H groups in total. The van der Waals surface area contributed by atoms with Crippen molar-refractivity contribution in [1.29, 1.82) is 0 Å². The molecule has 0 bridgehead atoms. The Hall–Kier alpha value is -0.870. The van der Waals surface area contributed by atoms with Crippen LogP contribution in [-0.4, -0.2) is 11.9 Å². The molecule has 0 aliphatic heterocycles. The van der Waals surface area contributed by atoms with Crippen LogP contribution in [0.5, 0.6) is 0 Å². The van der Waals surface area contributed by atoms with Crippen molar-refractivity contribution in [2.45, 2.75) is 39.3 Å². The summed E-state index contributed by atoms with van der Waals surface area (Å²) in [6.45, 7) is 6.02. The molecule has 0 fully saturated rings. The quantitative estimate of drug-likeness (QED) is 0.829. The van der Waals surface area contributed by atoms with Crippen LogP contribution in [0, 0.1) is 5.92 Å². The second-order valence-electron chi connectivity index (χ2n) is 4.16. The van der Waals surface area contributed by atoms with Crippen molar-refractivity contribution >= 4 is 17.2 Å². The standard InChI is InChI=1S/C12H20N2OS/c1-4-8(2)11(13)12(15)14-9(3)10-6-5-7-16-10/h5-9,11H,4,13H2,1-3H3,(H,14,15)/t8-,9-,11-/m0/s1. The first-order valence-corrected chi connectivity index (χ1v) is 6.53. The molecule has 3 atom stereocenters. The molecule has 0 aliphatic rings. The molecule has 90 valence electrons. The van der Waals surface area contributed by atoms with Gasteiger partial charge in [-0.2, -0.15) is 0 Å². The zero-order chi connectivity index (χ0) is 12.1. The van der Waals surface area contributed by atoms with Crippen LogP contribution in [-0.2, 0) is 4.79 Å². The van der Waals surface area contributed by atoms with Crippen LogP contribution in [0.1, 0.15) is 38.1 Å². The maximum absolute atomic E-state index is 11.8. The molecule has 0 saturated carbocycles. The highest BCUT2D eigenvalue weighted by atomic mass is 32.1. The summed E-state index contributed by atoms with van der Waals surface area (Å²) in [4.78, 5) is 13.0. The summed E-state index contributed by atoms with van der Waals surface area (Å²) >= 11 is 1.64. The van der Waals surface area contributed by atoms with Gasteiger partial charge in [0.15, 0.2) is 0 Å². The van der Waals surface area contributed by atoms with E-state index in [1.54, 1.807) is 11.3 Å². The predicted molar refractivity (Wildman–Crippen MR) is 68.3 cm³/mol. The lowest BCUT2D eigenvalue weighted by atomic mass is 9.99. The molecule has 3 nitrogen and oxygen atoms in total. The van der Waals surface area contributed by atoms with Gasteiger partial charge in [0.2, 0.25) is 5.91 Å². The molecule has 1 rings (SSSR count). The zero-order valence-electron chi connectivity index (χ0n) is 10.1. The highest BCUT2D eigenvalue weighted by Crippen LogP contribution is 2.18. The molecule has 1 heterocycles. The summed E-state index contributed by atoms with van der Waals surface area (Å²) in [6.07, 6.45) is 0.919. The van der Waals surface area contributed by atoms with E-state index < -0.39 is 6.04 Å². The van der Waals surface area contributed by atoms with E-state index in [-0.39, 0.29) is 17.9 Å². The third kappa shape index (κ3) is 3.32. The smallest absolute Gasteiger partial charge is 0.237 e. The molecular formula is C12H20N2OS. The molecule has 16 heavy (non-hydrogen) atoms. The number of rotatable bonds is 5. The highest BCUT2D eigenvalue weighted by Gasteiger charge is 2.21. The maximum atomic E-state index is 11.8. The van der Waals surface area contributed by atoms with E-state index in [2.05, 4.69) is 5.32 Å². The first kappa shape index (κ1) is 13.2. The van der Waals surface area contributed by atoms with Crippen LogP contribution in [0.3, 0.4) is 0 Å². The van der Waals surface area contributed by atoms with Gasteiger partial charge in [-0.05, 0) is 24.3 Å². The minimum atomic E-state index is -0.410. The van der Waals surface area contributed by atoms with Gasteiger partial charge in [-0.15, -0.1) is 11.3 Å². The number of hydrogen-bond donors (Lipinski definition) is 2. The van der Waals surface area contributed by atoms with Gasteiger partial charge in [0, 0.05) is 4.88 Å². The molecule has 4 heteroatoms. The Balaban J connectivity index is 2.51. The van der Waals surface area contributed by atoms with Crippen LogP contribution in [0.2, 0.25) is 0 Å². The molecule has 0 aliphatic carbocycles. The lowest BCUT2D eigenvalue weighted by Gasteiger charge is -2.20. The number of nitrogens with two attached hydrogens (primary N) is 1. The van der Waals surface area contributed by atoms with Crippen molar-refractivity contribution in [2.24, 2.45) is 11.7 Å². The summed E-state index contributed by atoms with van der Waals surface area (Å²) in [6, 6.07) is 3.64. The average Bonchev–Trinajstić information content (AvgIpc) is 2.80. The van der Waals surface area contributed by atoms with Crippen molar-refractivity contribution in [3.05, 3.63) is 22.4 Å². The summed E-state index contributed by atoms with van der Waals surface area (Å²) in [5, 5.41) is 4.95. The number of nitrogens with one attached hydrogen (secondary N) is 1. The van der Waals surface area contributed by atoms with Gasteiger partial charge >= 0.3 is 0 Å². The lowest BCUT2D eigenvalue weighted by molar-refractivity contribution is -0.124. The number of carbonyl (C=O) groups excluding carboxylic acids is 1. The van der Waals surface area contributed by atoms with Gasteiger partial charge in [-0.25, -0.2) is 0 Å². The zero-order valence-corrected chi connectivity index (χ0v) is 10.9. The van der Waals surface area contributed by atoms with Gasteiger partial charge in [0.25, 0.3) is 0 Å². The molecule has 1 aromatic heterocycles. The number of thiophene rings is 1. The molecule has 0 radical (unpaired) electrons. The van der Waals surface area contributed by atoms with Crippen LogP contribution in [0.15, 0.2) is 17.5 Å². The van der Waals surface area contributed by atoms with Crippen LogP contribution in [0.4, 0.5) is 0 Å². The Kier molecular flexibility index (Phi) is 4.96. The van der Waals surface area contributed by atoms with Crippen LogP contribution in [0.25, 0.3) is 0 Å². The monoisotopic (exact) mass is 240 g/mol. The number of carbonyl (C=O) groups is 1. The largest absolute Gasteiger partial charge is 0.347 e. The lowest BCUT2D eigenvalue weighted by Crippen LogP contribution is -2.45. The third-order valence-corrected chi connectivity index (χ3v) is 3.94. The molecule has 0 spiro atoms. The summed E-state index contributed by atoms with van der Waals surface area (Å²) in [5.74, 6) is 0.158. The molecule has 1 amide bonds. The first-order chi connectivity index (χ1) is 7.56. The summed E-state index contributed by atoms with van der Waals surface area (Å²) in [5.41, 5.74) is 5.86. The molecular weight excluding hydrogens is 220 g/mol. The van der Waals surface area contributed by atoms with Gasteiger partial charge in [-0.3, -0.25) is 4.79 Å². The van der Waals surface area contributed by atoms with Gasteiger partial charge < -0.3 is 11.1 Å². The van der Waals surface area contributed by atoms with Crippen molar-refractivity contribution < 1.29 is 4.79 Å². The minimum Gasteiger partial charge on any atom is -0.347 e.